The van der Waals surface area contributed by atoms with Crippen molar-refractivity contribution in [2.24, 2.45) is 5.73 Å². The number of imide groups is 1. The molecule has 0 unspecified atom stereocenters. The van der Waals surface area contributed by atoms with E-state index in [1.807, 2.05) is 31.2 Å². The van der Waals surface area contributed by atoms with E-state index in [-0.39, 0.29) is 6.04 Å². The molecule has 0 radical (unpaired) electrons. The van der Waals surface area contributed by atoms with E-state index in [1.165, 1.54) is 0 Å². The number of carbonyl (C=O) groups excluding carboxylic acids is 2. The van der Waals surface area contributed by atoms with Gasteiger partial charge >= 0.3 is 6.03 Å². The number of nitrogens with one attached hydrogen (secondary N) is 2. The Morgan fingerprint density at radius 1 is 1.30 bits per heavy atom. The van der Waals surface area contributed by atoms with Crippen LogP contribution in [-0.4, -0.2) is 25.1 Å². The lowest BCUT2D eigenvalue weighted by molar-refractivity contribution is -0.121. The predicted molar refractivity (Wildman–Crippen MR) is 76.3 cm³/mol. The van der Waals surface area contributed by atoms with Crippen molar-refractivity contribution in [3.63, 3.8) is 0 Å². The lowest BCUT2D eigenvalue weighted by Gasteiger charge is -2.22. The smallest absolute Gasteiger partial charge is 0.318 e. The van der Waals surface area contributed by atoms with Crippen LogP contribution in [0, 0.1) is 0 Å². The van der Waals surface area contributed by atoms with Crippen LogP contribution >= 0.6 is 0 Å². The van der Waals surface area contributed by atoms with Gasteiger partial charge in [0.25, 0.3) is 0 Å². The van der Waals surface area contributed by atoms with Crippen molar-refractivity contribution in [3.05, 3.63) is 29.8 Å². The largest absolute Gasteiger partial charge is 0.497 e. The fourth-order valence-corrected chi connectivity index (χ4v) is 1.89. The first-order valence-corrected chi connectivity index (χ1v) is 6.48. The first-order valence-electron chi connectivity index (χ1n) is 6.48. The van der Waals surface area contributed by atoms with Gasteiger partial charge in [-0.25, -0.2) is 4.79 Å². The molecule has 6 nitrogen and oxygen atoms in total. The van der Waals surface area contributed by atoms with Crippen LogP contribution in [0.4, 0.5) is 4.79 Å². The van der Waals surface area contributed by atoms with E-state index in [9.17, 15) is 9.59 Å². The van der Waals surface area contributed by atoms with Crippen LogP contribution in [-0.2, 0) is 4.79 Å². The van der Waals surface area contributed by atoms with E-state index >= 15 is 0 Å². The summed E-state index contributed by atoms with van der Waals surface area (Å²) in [5.74, 6) is 0.340. The first-order chi connectivity index (χ1) is 9.47. The quantitative estimate of drug-likeness (QED) is 0.732. The van der Waals surface area contributed by atoms with Gasteiger partial charge in [-0.3, -0.25) is 15.4 Å². The lowest BCUT2D eigenvalue weighted by atomic mass is 10.0. The molecule has 3 amide bonds. The molecule has 4 N–H and O–H groups in total. The van der Waals surface area contributed by atoms with Crippen molar-refractivity contribution in [2.75, 3.05) is 7.11 Å². The summed E-state index contributed by atoms with van der Waals surface area (Å²) in [6.07, 6.45) is 0.806. The number of hydrogen-bond donors (Lipinski definition) is 3. The number of benzene rings is 1. The minimum Gasteiger partial charge on any atom is -0.497 e. The Morgan fingerprint density at radius 2 is 1.90 bits per heavy atom. The second-order valence-electron chi connectivity index (χ2n) is 4.48. The van der Waals surface area contributed by atoms with Crippen molar-refractivity contribution < 1.29 is 14.3 Å². The number of methoxy groups -OCH3 is 1. The summed E-state index contributed by atoms with van der Waals surface area (Å²) < 4.78 is 5.11. The molecule has 20 heavy (non-hydrogen) atoms. The van der Waals surface area contributed by atoms with Gasteiger partial charge in [-0.15, -0.1) is 0 Å². The van der Waals surface area contributed by atoms with Crippen molar-refractivity contribution in [3.8, 4) is 5.75 Å². The highest BCUT2D eigenvalue weighted by Gasteiger charge is 2.18. The van der Waals surface area contributed by atoms with E-state index in [4.69, 9.17) is 10.5 Å². The van der Waals surface area contributed by atoms with Gasteiger partial charge in [-0.2, -0.15) is 0 Å². The molecule has 6 heteroatoms. The van der Waals surface area contributed by atoms with Crippen LogP contribution in [0.1, 0.15) is 31.9 Å². The summed E-state index contributed by atoms with van der Waals surface area (Å²) in [5.41, 5.74) is 5.97. The standard InChI is InChI=1S/C14H21N3O3/c1-4-12(10-5-7-11(20-3)8-6-10)16-9(2)13(18)17-14(15)19/h5-9,12,16H,4H2,1-3H3,(H3,15,17,18,19)/t9-,12-/m1/s1. The third-order valence-corrected chi connectivity index (χ3v) is 3.02. The fourth-order valence-electron chi connectivity index (χ4n) is 1.89. The van der Waals surface area contributed by atoms with E-state index in [0.29, 0.717) is 0 Å². The van der Waals surface area contributed by atoms with Gasteiger partial charge in [0.15, 0.2) is 0 Å². The van der Waals surface area contributed by atoms with Crippen LogP contribution in [0.2, 0.25) is 0 Å². The Morgan fingerprint density at radius 3 is 2.35 bits per heavy atom. The van der Waals surface area contributed by atoms with Crippen LogP contribution in [0.25, 0.3) is 0 Å². The van der Waals surface area contributed by atoms with Gasteiger partial charge in [0.2, 0.25) is 5.91 Å². The highest BCUT2D eigenvalue weighted by molar-refractivity contribution is 5.96. The van der Waals surface area contributed by atoms with Crippen LogP contribution in [0.3, 0.4) is 0 Å². The Hall–Kier alpha value is -2.08. The summed E-state index contributed by atoms with van der Waals surface area (Å²) in [7, 11) is 1.61. The number of nitrogens with two attached hydrogens (primary N) is 1. The molecule has 0 aromatic heterocycles. The Kier molecular flexibility index (Phi) is 5.99. The normalized spacial score (nSPS) is 13.3. The van der Waals surface area contributed by atoms with Crippen molar-refractivity contribution in [2.45, 2.75) is 32.4 Å². The average Bonchev–Trinajstić information content (AvgIpc) is 2.43. The molecule has 110 valence electrons. The highest BCUT2D eigenvalue weighted by atomic mass is 16.5. The molecule has 0 saturated carbocycles. The maximum absolute atomic E-state index is 11.6. The molecular formula is C14H21N3O3. The summed E-state index contributed by atoms with van der Waals surface area (Å²) >= 11 is 0. The van der Waals surface area contributed by atoms with E-state index in [1.54, 1.807) is 14.0 Å². The third kappa shape index (κ3) is 4.55. The van der Waals surface area contributed by atoms with E-state index in [0.717, 1.165) is 17.7 Å². The van der Waals surface area contributed by atoms with Crippen LogP contribution < -0.4 is 21.1 Å². The third-order valence-electron chi connectivity index (χ3n) is 3.02. The van der Waals surface area contributed by atoms with Gasteiger partial charge in [-0.1, -0.05) is 19.1 Å². The Balaban J connectivity index is 2.70. The number of amides is 3. The summed E-state index contributed by atoms with van der Waals surface area (Å²) in [4.78, 5) is 22.3. The number of rotatable bonds is 6. The summed E-state index contributed by atoms with van der Waals surface area (Å²) in [6, 6.07) is 6.27. The second-order valence-corrected chi connectivity index (χ2v) is 4.48. The predicted octanol–water partition coefficient (Wildman–Crippen LogP) is 1.32. The molecule has 1 rings (SSSR count). The molecule has 0 aliphatic carbocycles. The monoisotopic (exact) mass is 279 g/mol. The van der Waals surface area contributed by atoms with E-state index < -0.39 is 18.0 Å². The molecule has 0 spiro atoms. The number of urea groups is 1. The molecule has 0 aliphatic heterocycles. The summed E-state index contributed by atoms with van der Waals surface area (Å²) in [6.45, 7) is 3.70. The van der Waals surface area contributed by atoms with Crippen molar-refractivity contribution in [1.82, 2.24) is 10.6 Å². The second kappa shape index (κ2) is 7.49. The average molecular weight is 279 g/mol. The maximum atomic E-state index is 11.6. The number of ether oxygens (including phenoxy) is 1. The van der Waals surface area contributed by atoms with Gasteiger partial charge < -0.3 is 10.5 Å². The summed E-state index contributed by atoms with van der Waals surface area (Å²) in [5, 5.41) is 5.22. The maximum Gasteiger partial charge on any atom is 0.318 e. The van der Waals surface area contributed by atoms with Gasteiger partial charge in [0.1, 0.15) is 5.75 Å². The Bertz CT molecular complexity index is 459. The van der Waals surface area contributed by atoms with Gasteiger partial charge in [0, 0.05) is 6.04 Å². The van der Waals surface area contributed by atoms with Gasteiger partial charge in [0.05, 0.1) is 13.2 Å². The first kappa shape index (κ1) is 16.0. The van der Waals surface area contributed by atoms with Crippen molar-refractivity contribution >= 4 is 11.9 Å². The molecule has 0 saturated heterocycles. The zero-order valence-electron chi connectivity index (χ0n) is 12.0. The highest BCUT2D eigenvalue weighted by Crippen LogP contribution is 2.20. The molecule has 0 bridgehead atoms. The van der Waals surface area contributed by atoms with Crippen LogP contribution in [0.5, 0.6) is 5.75 Å². The number of hydrogen-bond acceptors (Lipinski definition) is 4. The molecule has 0 fully saturated rings. The van der Waals surface area contributed by atoms with Gasteiger partial charge in [-0.05, 0) is 31.0 Å². The molecule has 2 atom stereocenters. The minimum atomic E-state index is -0.846. The topological polar surface area (TPSA) is 93.5 Å². The Labute approximate surface area is 118 Å². The molecule has 1 aromatic carbocycles. The fraction of sp³-hybridized carbons (Fsp3) is 0.429. The SMILES string of the molecule is CC[C@@H](N[C@H](C)C(=O)NC(N)=O)c1ccc(OC)cc1. The van der Waals surface area contributed by atoms with Crippen LogP contribution in [0.15, 0.2) is 24.3 Å². The number of carbonyl (C=O) groups is 2. The van der Waals surface area contributed by atoms with E-state index in [2.05, 4.69) is 10.6 Å². The number of primary amides is 1. The molecule has 0 heterocycles. The van der Waals surface area contributed by atoms with Crippen molar-refractivity contribution in [1.29, 1.82) is 0 Å². The molecular weight excluding hydrogens is 258 g/mol. The lowest BCUT2D eigenvalue weighted by Crippen LogP contribution is -2.47. The molecule has 1 aromatic rings. The zero-order chi connectivity index (χ0) is 15.1. The molecule has 0 aliphatic rings. The zero-order valence-corrected chi connectivity index (χ0v) is 12.0. The minimum absolute atomic E-state index is 0.00883.